The second-order valence-electron chi connectivity index (χ2n) is 4.78. The van der Waals surface area contributed by atoms with Gasteiger partial charge in [0, 0.05) is 19.6 Å². The number of likely N-dealkylation sites (tertiary alicyclic amines) is 1. The summed E-state index contributed by atoms with van der Waals surface area (Å²) in [7, 11) is 2.02. The Bertz CT molecular complexity index is 475. The summed E-state index contributed by atoms with van der Waals surface area (Å²) in [5.74, 6) is -1.10. The van der Waals surface area contributed by atoms with E-state index in [1.807, 2.05) is 7.05 Å². The Hall–Kier alpha value is -1.30. The van der Waals surface area contributed by atoms with Gasteiger partial charge in [0.2, 0.25) is 0 Å². The first-order valence-corrected chi connectivity index (χ1v) is 6.46. The van der Waals surface area contributed by atoms with Crippen molar-refractivity contribution in [2.75, 3.05) is 26.7 Å². The standard InChI is InChI=1S/C13H17ClN2O3/c1-16-6-9(7-16)19-12-3-2-8(4-11(12)14)10(5-15)13(17)18/h2-4,9-10H,5-7,15H2,1H3,(H,17,18). The molecule has 0 radical (unpaired) electrons. The van der Waals surface area contributed by atoms with E-state index in [1.54, 1.807) is 18.2 Å². The number of halogens is 1. The molecule has 1 saturated heterocycles. The zero-order valence-corrected chi connectivity index (χ0v) is 11.4. The molecule has 19 heavy (non-hydrogen) atoms. The van der Waals surface area contributed by atoms with Crippen LogP contribution >= 0.6 is 11.6 Å². The number of hydrogen-bond acceptors (Lipinski definition) is 4. The van der Waals surface area contributed by atoms with Crippen molar-refractivity contribution in [1.29, 1.82) is 0 Å². The Morgan fingerprint density at radius 1 is 1.63 bits per heavy atom. The van der Waals surface area contributed by atoms with Crippen molar-refractivity contribution in [2.45, 2.75) is 12.0 Å². The fourth-order valence-electron chi connectivity index (χ4n) is 2.10. The summed E-state index contributed by atoms with van der Waals surface area (Å²) in [4.78, 5) is 13.2. The van der Waals surface area contributed by atoms with E-state index in [0.717, 1.165) is 13.1 Å². The number of likely N-dealkylation sites (N-methyl/N-ethyl adjacent to an activating group) is 1. The predicted octanol–water partition coefficient (Wildman–Crippen LogP) is 1.16. The number of nitrogens with two attached hydrogens (primary N) is 1. The molecule has 0 bridgehead atoms. The molecule has 0 amide bonds. The molecule has 1 fully saturated rings. The highest BCUT2D eigenvalue weighted by Gasteiger charge is 2.26. The minimum absolute atomic E-state index is 0.0410. The molecule has 1 aromatic rings. The zero-order valence-electron chi connectivity index (χ0n) is 10.7. The van der Waals surface area contributed by atoms with Crippen LogP contribution in [-0.2, 0) is 4.79 Å². The summed E-state index contributed by atoms with van der Waals surface area (Å²) in [5, 5.41) is 9.47. The average Bonchev–Trinajstić information content (AvgIpc) is 2.30. The van der Waals surface area contributed by atoms with Crippen LogP contribution in [0.2, 0.25) is 5.02 Å². The lowest BCUT2D eigenvalue weighted by molar-refractivity contribution is -0.138. The Kier molecular flexibility index (Phi) is 4.29. The molecule has 1 aliphatic rings. The van der Waals surface area contributed by atoms with E-state index in [9.17, 15) is 4.79 Å². The number of nitrogens with zero attached hydrogens (tertiary/aromatic N) is 1. The van der Waals surface area contributed by atoms with Gasteiger partial charge in [0.05, 0.1) is 10.9 Å². The Morgan fingerprint density at radius 3 is 2.79 bits per heavy atom. The van der Waals surface area contributed by atoms with E-state index in [2.05, 4.69) is 4.90 Å². The van der Waals surface area contributed by atoms with Crippen LogP contribution < -0.4 is 10.5 Å². The maximum absolute atomic E-state index is 11.0. The van der Waals surface area contributed by atoms with Gasteiger partial charge in [-0.2, -0.15) is 0 Å². The minimum Gasteiger partial charge on any atom is -0.486 e. The molecule has 6 heteroatoms. The van der Waals surface area contributed by atoms with Crippen molar-refractivity contribution in [1.82, 2.24) is 4.90 Å². The second-order valence-corrected chi connectivity index (χ2v) is 5.18. The SMILES string of the molecule is CN1CC(Oc2ccc(C(CN)C(=O)O)cc2Cl)C1. The highest BCUT2D eigenvalue weighted by Crippen LogP contribution is 2.30. The van der Waals surface area contributed by atoms with Gasteiger partial charge in [0.1, 0.15) is 11.9 Å². The Labute approximate surface area is 116 Å². The minimum atomic E-state index is -0.951. The summed E-state index contributed by atoms with van der Waals surface area (Å²) < 4.78 is 5.73. The molecule has 1 heterocycles. The number of carbonyl (C=O) groups is 1. The molecule has 3 N–H and O–H groups in total. The number of aliphatic carboxylic acids is 1. The van der Waals surface area contributed by atoms with Crippen LogP contribution in [0.25, 0.3) is 0 Å². The summed E-state index contributed by atoms with van der Waals surface area (Å²) in [5.41, 5.74) is 6.06. The summed E-state index contributed by atoms with van der Waals surface area (Å²) in [6.45, 7) is 1.79. The van der Waals surface area contributed by atoms with E-state index in [-0.39, 0.29) is 12.6 Å². The van der Waals surface area contributed by atoms with Gasteiger partial charge in [0.15, 0.2) is 0 Å². The fourth-order valence-corrected chi connectivity index (χ4v) is 2.34. The third-order valence-corrected chi connectivity index (χ3v) is 3.51. The maximum atomic E-state index is 11.0. The largest absolute Gasteiger partial charge is 0.486 e. The summed E-state index contributed by atoms with van der Waals surface area (Å²) >= 11 is 6.12. The van der Waals surface area contributed by atoms with Gasteiger partial charge in [-0.25, -0.2) is 0 Å². The lowest BCUT2D eigenvalue weighted by Gasteiger charge is -2.36. The van der Waals surface area contributed by atoms with E-state index in [0.29, 0.717) is 16.3 Å². The van der Waals surface area contributed by atoms with Crippen LogP contribution in [0.1, 0.15) is 11.5 Å². The molecule has 1 aliphatic heterocycles. The van der Waals surface area contributed by atoms with Gasteiger partial charge >= 0.3 is 5.97 Å². The normalized spacial score (nSPS) is 17.8. The molecule has 0 aromatic heterocycles. The van der Waals surface area contributed by atoms with Crippen LogP contribution in [0.5, 0.6) is 5.75 Å². The second kappa shape index (κ2) is 5.77. The van der Waals surface area contributed by atoms with Crippen LogP contribution in [-0.4, -0.2) is 48.8 Å². The Balaban J connectivity index is 2.10. The molecule has 0 spiro atoms. The van der Waals surface area contributed by atoms with Gasteiger partial charge in [-0.1, -0.05) is 17.7 Å². The first kappa shape index (κ1) is 14.1. The molecule has 1 atom stereocenters. The highest BCUT2D eigenvalue weighted by molar-refractivity contribution is 6.32. The zero-order chi connectivity index (χ0) is 14.0. The van der Waals surface area contributed by atoms with Gasteiger partial charge in [0.25, 0.3) is 0 Å². The lowest BCUT2D eigenvalue weighted by atomic mass is 9.99. The number of rotatable bonds is 5. The Morgan fingerprint density at radius 2 is 2.32 bits per heavy atom. The molecule has 2 rings (SSSR count). The van der Waals surface area contributed by atoms with E-state index < -0.39 is 11.9 Å². The lowest BCUT2D eigenvalue weighted by Crippen LogP contribution is -2.51. The summed E-state index contributed by atoms with van der Waals surface area (Å²) in [6, 6.07) is 5.03. The van der Waals surface area contributed by atoms with Gasteiger partial charge in [-0.15, -0.1) is 0 Å². The van der Waals surface area contributed by atoms with Crippen molar-refractivity contribution < 1.29 is 14.6 Å². The smallest absolute Gasteiger partial charge is 0.312 e. The molecule has 104 valence electrons. The van der Waals surface area contributed by atoms with Crippen molar-refractivity contribution in [3.8, 4) is 5.75 Å². The molecular formula is C13H17ClN2O3. The van der Waals surface area contributed by atoms with Gasteiger partial charge in [-0.05, 0) is 24.7 Å². The third-order valence-electron chi connectivity index (χ3n) is 3.22. The molecule has 0 saturated carbocycles. The monoisotopic (exact) mass is 284 g/mol. The van der Waals surface area contributed by atoms with Crippen LogP contribution in [0.3, 0.4) is 0 Å². The van der Waals surface area contributed by atoms with Crippen LogP contribution in [0.15, 0.2) is 18.2 Å². The van der Waals surface area contributed by atoms with Gasteiger partial charge in [-0.3, -0.25) is 9.69 Å². The maximum Gasteiger partial charge on any atom is 0.312 e. The van der Waals surface area contributed by atoms with Crippen LogP contribution in [0, 0.1) is 0 Å². The van der Waals surface area contributed by atoms with E-state index >= 15 is 0 Å². The topological polar surface area (TPSA) is 75.8 Å². The predicted molar refractivity (Wildman–Crippen MR) is 72.8 cm³/mol. The fraction of sp³-hybridized carbons (Fsp3) is 0.462. The van der Waals surface area contributed by atoms with Gasteiger partial charge < -0.3 is 15.6 Å². The molecule has 1 aromatic carbocycles. The molecule has 0 aliphatic carbocycles. The third kappa shape index (κ3) is 3.18. The van der Waals surface area contributed by atoms with Crippen molar-refractivity contribution >= 4 is 17.6 Å². The number of carboxylic acids is 1. The summed E-state index contributed by atoms with van der Waals surface area (Å²) in [6.07, 6.45) is 0.151. The van der Waals surface area contributed by atoms with Crippen molar-refractivity contribution in [2.24, 2.45) is 5.73 Å². The number of carboxylic acid groups (broad SMARTS) is 1. The van der Waals surface area contributed by atoms with Crippen molar-refractivity contribution in [3.63, 3.8) is 0 Å². The first-order chi connectivity index (χ1) is 9.01. The average molecular weight is 285 g/mol. The molecular weight excluding hydrogens is 268 g/mol. The van der Waals surface area contributed by atoms with Crippen molar-refractivity contribution in [3.05, 3.63) is 28.8 Å². The van der Waals surface area contributed by atoms with Crippen LogP contribution in [0.4, 0.5) is 0 Å². The van der Waals surface area contributed by atoms with E-state index in [1.165, 1.54) is 0 Å². The quantitative estimate of drug-likeness (QED) is 0.849. The first-order valence-electron chi connectivity index (χ1n) is 6.08. The molecule has 1 unspecified atom stereocenters. The highest BCUT2D eigenvalue weighted by atomic mass is 35.5. The number of hydrogen-bond donors (Lipinski definition) is 2. The molecule has 5 nitrogen and oxygen atoms in total. The van der Waals surface area contributed by atoms with E-state index in [4.69, 9.17) is 27.2 Å². The number of ether oxygens (including phenoxy) is 1. The number of benzene rings is 1.